The fourth-order valence-corrected chi connectivity index (χ4v) is 2.91. The quantitative estimate of drug-likeness (QED) is 0.792. The van der Waals surface area contributed by atoms with E-state index in [0.29, 0.717) is 0 Å². The molecule has 96 valence electrons. The third-order valence-corrected chi connectivity index (χ3v) is 4.21. The molecule has 17 heavy (non-hydrogen) atoms. The van der Waals surface area contributed by atoms with Gasteiger partial charge in [0, 0.05) is 24.2 Å². The first-order valence-electron chi connectivity index (χ1n) is 6.60. The van der Waals surface area contributed by atoms with E-state index in [1.807, 2.05) is 11.6 Å². The number of piperidine rings is 1. The van der Waals surface area contributed by atoms with Crippen molar-refractivity contribution in [2.75, 3.05) is 13.2 Å². The Labute approximate surface area is 108 Å². The van der Waals surface area contributed by atoms with Gasteiger partial charge in [-0.3, -0.25) is 0 Å². The summed E-state index contributed by atoms with van der Waals surface area (Å²) in [6.07, 6.45) is 8.43. The molecule has 1 aliphatic rings. The molecule has 0 radical (unpaired) electrons. The lowest BCUT2D eigenvalue weighted by atomic mass is 10.0. The van der Waals surface area contributed by atoms with Crippen molar-refractivity contribution in [3.8, 4) is 0 Å². The predicted octanol–water partition coefficient (Wildman–Crippen LogP) is 3.14. The van der Waals surface area contributed by atoms with Crippen molar-refractivity contribution in [3.63, 3.8) is 0 Å². The Bertz CT molecular complexity index is 296. The van der Waals surface area contributed by atoms with Crippen molar-refractivity contribution in [1.82, 2.24) is 10.3 Å². The van der Waals surface area contributed by atoms with E-state index in [-0.39, 0.29) is 6.10 Å². The van der Waals surface area contributed by atoms with Gasteiger partial charge in [0.1, 0.15) is 11.1 Å². The summed E-state index contributed by atoms with van der Waals surface area (Å²) in [6.45, 7) is 4.12. The second-order valence-electron chi connectivity index (χ2n) is 4.67. The van der Waals surface area contributed by atoms with Crippen molar-refractivity contribution in [2.24, 2.45) is 0 Å². The van der Waals surface area contributed by atoms with Crippen LogP contribution in [0, 0.1) is 0 Å². The van der Waals surface area contributed by atoms with E-state index in [1.54, 1.807) is 11.3 Å². The van der Waals surface area contributed by atoms with Crippen molar-refractivity contribution in [1.29, 1.82) is 0 Å². The van der Waals surface area contributed by atoms with Crippen molar-refractivity contribution in [3.05, 3.63) is 16.6 Å². The number of ether oxygens (including phenoxy) is 1. The minimum absolute atomic E-state index is 0.148. The van der Waals surface area contributed by atoms with E-state index >= 15 is 0 Å². The van der Waals surface area contributed by atoms with Gasteiger partial charge in [0.05, 0.1) is 0 Å². The maximum atomic E-state index is 5.80. The normalized spacial score (nSPS) is 22.5. The van der Waals surface area contributed by atoms with Crippen molar-refractivity contribution < 1.29 is 4.74 Å². The molecule has 0 unspecified atom stereocenters. The fraction of sp³-hybridized carbons (Fsp3) is 0.769. The first-order valence-corrected chi connectivity index (χ1v) is 7.48. The maximum Gasteiger partial charge on any atom is 0.121 e. The molecule has 1 aromatic rings. The number of aromatic nitrogens is 1. The molecule has 2 heterocycles. The number of hydrogen-bond donors (Lipinski definition) is 1. The highest BCUT2D eigenvalue weighted by molar-refractivity contribution is 7.09. The van der Waals surface area contributed by atoms with Crippen LogP contribution < -0.4 is 5.32 Å². The van der Waals surface area contributed by atoms with E-state index in [9.17, 15) is 0 Å². The molecule has 0 bridgehead atoms. The van der Waals surface area contributed by atoms with Crippen molar-refractivity contribution in [2.45, 2.75) is 51.2 Å². The Hall–Kier alpha value is -0.450. The van der Waals surface area contributed by atoms with E-state index < -0.39 is 0 Å². The first-order chi connectivity index (χ1) is 8.36. The van der Waals surface area contributed by atoms with Gasteiger partial charge in [-0.2, -0.15) is 0 Å². The van der Waals surface area contributed by atoms with Crippen LogP contribution in [-0.4, -0.2) is 24.2 Å². The van der Waals surface area contributed by atoms with Gasteiger partial charge in [0.15, 0.2) is 0 Å². The largest absolute Gasteiger partial charge is 0.371 e. The van der Waals surface area contributed by atoms with Crippen LogP contribution in [0.15, 0.2) is 11.6 Å². The van der Waals surface area contributed by atoms with Gasteiger partial charge in [-0.05, 0) is 39.2 Å². The van der Waals surface area contributed by atoms with Gasteiger partial charge in [-0.25, -0.2) is 4.98 Å². The molecule has 1 fully saturated rings. The maximum absolute atomic E-state index is 5.80. The number of nitrogens with zero attached hydrogens (tertiary/aromatic N) is 1. The summed E-state index contributed by atoms with van der Waals surface area (Å²) in [6, 6.07) is 0.725. The third kappa shape index (κ3) is 4.37. The Morgan fingerprint density at radius 3 is 3.24 bits per heavy atom. The third-order valence-electron chi connectivity index (χ3n) is 3.28. The zero-order chi connectivity index (χ0) is 11.9. The van der Waals surface area contributed by atoms with E-state index in [4.69, 9.17) is 4.74 Å². The zero-order valence-corrected chi connectivity index (χ0v) is 11.3. The van der Waals surface area contributed by atoms with Crippen LogP contribution in [0.2, 0.25) is 0 Å². The molecule has 0 aromatic carbocycles. The SMILES string of the molecule is C[C@H](OCCC[C@H]1CCCCN1)c1nccs1. The zero-order valence-electron chi connectivity index (χ0n) is 10.5. The highest BCUT2D eigenvalue weighted by atomic mass is 32.1. The van der Waals surface area contributed by atoms with Gasteiger partial charge >= 0.3 is 0 Å². The summed E-state index contributed by atoms with van der Waals surface area (Å²) < 4.78 is 5.80. The molecule has 0 spiro atoms. The number of hydrogen-bond acceptors (Lipinski definition) is 4. The molecule has 1 saturated heterocycles. The lowest BCUT2D eigenvalue weighted by Gasteiger charge is -2.23. The molecule has 1 aromatic heterocycles. The van der Waals surface area contributed by atoms with Gasteiger partial charge in [-0.1, -0.05) is 6.42 Å². The van der Waals surface area contributed by atoms with Crippen LogP contribution in [0.4, 0.5) is 0 Å². The number of thiazole rings is 1. The average Bonchev–Trinajstić information content (AvgIpc) is 2.89. The topological polar surface area (TPSA) is 34.1 Å². The fourth-order valence-electron chi connectivity index (χ4n) is 2.27. The second kappa shape index (κ2) is 7.09. The van der Waals surface area contributed by atoms with E-state index in [1.165, 1.54) is 32.2 Å². The molecular weight excluding hydrogens is 232 g/mol. The summed E-state index contributed by atoms with van der Waals surface area (Å²) in [5, 5.41) is 6.65. The highest BCUT2D eigenvalue weighted by Gasteiger charge is 2.12. The number of rotatable bonds is 6. The van der Waals surface area contributed by atoms with Crippen LogP contribution in [0.3, 0.4) is 0 Å². The standard InChI is InChI=1S/C13H22N2OS/c1-11(13-15-8-10-17-13)16-9-4-6-12-5-2-3-7-14-12/h8,10-12,14H,2-7,9H2,1H3/t11-,12+/m0/s1. The lowest BCUT2D eigenvalue weighted by Crippen LogP contribution is -2.34. The Morgan fingerprint density at radius 2 is 2.53 bits per heavy atom. The van der Waals surface area contributed by atoms with Gasteiger partial charge in [-0.15, -0.1) is 11.3 Å². The predicted molar refractivity (Wildman–Crippen MR) is 71.4 cm³/mol. The summed E-state index contributed by atoms with van der Waals surface area (Å²) in [5.74, 6) is 0. The molecule has 3 nitrogen and oxygen atoms in total. The molecule has 1 N–H and O–H groups in total. The summed E-state index contributed by atoms with van der Waals surface area (Å²) in [5.41, 5.74) is 0. The number of nitrogens with one attached hydrogen (secondary N) is 1. The summed E-state index contributed by atoms with van der Waals surface area (Å²) in [7, 11) is 0. The van der Waals surface area contributed by atoms with E-state index in [2.05, 4.69) is 17.2 Å². The van der Waals surface area contributed by atoms with E-state index in [0.717, 1.165) is 24.1 Å². The average molecular weight is 254 g/mol. The molecule has 1 aliphatic heterocycles. The van der Waals surface area contributed by atoms with Crippen LogP contribution in [0.25, 0.3) is 0 Å². The summed E-state index contributed by atoms with van der Waals surface area (Å²) >= 11 is 1.67. The van der Waals surface area contributed by atoms with Crippen molar-refractivity contribution >= 4 is 11.3 Å². The Balaban J connectivity index is 1.56. The Kier molecular flexibility index (Phi) is 5.42. The lowest BCUT2D eigenvalue weighted by molar-refractivity contribution is 0.0610. The first kappa shape index (κ1) is 13.0. The summed E-state index contributed by atoms with van der Waals surface area (Å²) in [4.78, 5) is 4.27. The molecule has 2 atom stereocenters. The smallest absolute Gasteiger partial charge is 0.121 e. The van der Waals surface area contributed by atoms with Gasteiger partial charge < -0.3 is 10.1 Å². The van der Waals surface area contributed by atoms with Gasteiger partial charge in [0.2, 0.25) is 0 Å². The van der Waals surface area contributed by atoms with Gasteiger partial charge in [0.25, 0.3) is 0 Å². The van der Waals surface area contributed by atoms with Crippen LogP contribution in [-0.2, 0) is 4.74 Å². The minimum atomic E-state index is 0.148. The molecule has 0 amide bonds. The monoisotopic (exact) mass is 254 g/mol. The molecule has 0 aliphatic carbocycles. The molecule has 0 saturated carbocycles. The second-order valence-corrected chi connectivity index (χ2v) is 5.60. The Morgan fingerprint density at radius 1 is 1.59 bits per heavy atom. The van der Waals surface area contributed by atoms with Crippen LogP contribution in [0.5, 0.6) is 0 Å². The van der Waals surface area contributed by atoms with Crippen LogP contribution in [0.1, 0.15) is 50.1 Å². The minimum Gasteiger partial charge on any atom is -0.371 e. The highest BCUT2D eigenvalue weighted by Crippen LogP contribution is 2.19. The molecule has 4 heteroatoms. The molecule has 2 rings (SSSR count). The molecular formula is C13H22N2OS. The van der Waals surface area contributed by atoms with Crippen LogP contribution >= 0.6 is 11.3 Å².